The summed E-state index contributed by atoms with van der Waals surface area (Å²) >= 11 is 6.12. The van der Waals surface area contributed by atoms with Gasteiger partial charge in [0.1, 0.15) is 0 Å². The molecule has 4 nitrogen and oxygen atoms in total. The number of carbonyl (C=O) groups is 1. The molecule has 27 heavy (non-hydrogen) atoms. The van der Waals surface area contributed by atoms with Gasteiger partial charge < -0.3 is 4.74 Å². The Morgan fingerprint density at radius 2 is 1.41 bits per heavy atom. The first-order valence-electron chi connectivity index (χ1n) is 8.17. The Morgan fingerprint density at radius 1 is 0.889 bits per heavy atom. The molecule has 3 aromatic rings. The number of rotatable bonds is 5. The van der Waals surface area contributed by atoms with E-state index in [-0.39, 0.29) is 15.5 Å². The van der Waals surface area contributed by atoms with Crippen molar-refractivity contribution in [1.82, 2.24) is 0 Å². The molecular formula is C21H17ClO4S. The summed E-state index contributed by atoms with van der Waals surface area (Å²) < 4.78 is 29.3. The van der Waals surface area contributed by atoms with Crippen LogP contribution >= 0.6 is 11.6 Å². The average molecular weight is 401 g/mol. The minimum Gasteiger partial charge on any atom is -0.449 e. The fourth-order valence-electron chi connectivity index (χ4n) is 2.65. The molecule has 0 amide bonds. The SMILES string of the molecule is CS(=O)(=O)c1ccc(Cl)c(C(=O)OC(c2ccccc2)c2ccccc2)c1. The van der Waals surface area contributed by atoms with Gasteiger partial charge in [0.05, 0.1) is 15.5 Å². The zero-order valence-electron chi connectivity index (χ0n) is 14.5. The Kier molecular flexibility index (Phi) is 5.63. The van der Waals surface area contributed by atoms with Gasteiger partial charge in [-0.05, 0) is 29.3 Å². The van der Waals surface area contributed by atoms with E-state index < -0.39 is 21.9 Å². The zero-order valence-corrected chi connectivity index (χ0v) is 16.1. The summed E-state index contributed by atoms with van der Waals surface area (Å²) in [5.41, 5.74) is 1.61. The molecule has 0 spiro atoms. The van der Waals surface area contributed by atoms with E-state index >= 15 is 0 Å². The molecule has 0 aliphatic rings. The summed E-state index contributed by atoms with van der Waals surface area (Å²) in [6.07, 6.45) is 0.431. The van der Waals surface area contributed by atoms with Gasteiger partial charge in [0.25, 0.3) is 0 Å². The van der Waals surface area contributed by atoms with Crippen molar-refractivity contribution in [3.8, 4) is 0 Å². The highest BCUT2D eigenvalue weighted by Gasteiger charge is 2.23. The van der Waals surface area contributed by atoms with Crippen LogP contribution in [0, 0.1) is 0 Å². The first kappa shape index (κ1) is 19.1. The lowest BCUT2D eigenvalue weighted by atomic mass is 10.0. The maximum absolute atomic E-state index is 12.8. The number of ether oxygens (including phenoxy) is 1. The van der Waals surface area contributed by atoms with Crippen LogP contribution in [0.4, 0.5) is 0 Å². The zero-order chi connectivity index (χ0) is 19.4. The summed E-state index contributed by atoms with van der Waals surface area (Å²) in [7, 11) is -3.47. The van der Waals surface area contributed by atoms with Crippen molar-refractivity contribution in [2.45, 2.75) is 11.0 Å². The minimum atomic E-state index is -3.47. The summed E-state index contributed by atoms with van der Waals surface area (Å²) in [5, 5.41) is 0.132. The molecule has 0 atom stereocenters. The van der Waals surface area contributed by atoms with Crippen LogP contribution < -0.4 is 0 Å². The molecule has 3 rings (SSSR count). The normalized spacial score (nSPS) is 11.4. The Morgan fingerprint density at radius 3 is 1.89 bits per heavy atom. The number of benzene rings is 3. The van der Waals surface area contributed by atoms with Gasteiger partial charge in [-0.25, -0.2) is 13.2 Å². The first-order valence-corrected chi connectivity index (χ1v) is 10.4. The monoisotopic (exact) mass is 400 g/mol. The molecule has 138 valence electrons. The van der Waals surface area contributed by atoms with E-state index in [0.29, 0.717) is 0 Å². The second-order valence-corrected chi connectivity index (χ2v) is 8.44. The molecule has 0 fully saturated rings. The van der Waals surface area contributed by atoms with E-state index in [2.05, 4.69) is 0 Å². The lowest BCUT2D eigenvalue weighted by Gasteiger charge is -2.19. The lowest BCUT2D eigenvalue weighted by molar-refractivity contribution is 0.0378. The Balaban J connectivity index is 1.99. The second-order valence-electron chi connectivity index (χ2n) is 6.02. The molecule has 0 bridgehead atoms. The molecule has 0 aliphatic carbocycles. The average Bonchev–Trinajstić information content (AvgIpc) is 2.66. The molecule has 0 unspecified atom stereocenters. The van der Waals surface area contributed by atoms with Crippen LogP contribution in [0.3, 0.4) is 0 Å². The second kappa shape index (κ2) is 7.94. The van der Waals surface area contributed by atoms with Crippen LogP contribution in [0.2, 0.25) is 5.02 Å². The highest BCUT2D eigenvalue weighted by molar-refractivity contribution is 7.90. The minimum absolute atomic E-state index is 0.00909. The number of hydrogen-bond acceptors (Lipinski definition) is 4. The molecule has 0 saturated heterocycles. The van der Waals surface area contributed by atoms with E-state index in [9.17, 15) is 13.2 Å². The van der Waals surface area contributed by atoms with Crippen LogP contribution in [0.25, 0.3) is 0 Å². The van der Waals surface area contributed by atoms with E-state index in [1.807, 2.05) is 60.7 Å². The van der Waals surface area contributed by atoms with E-state index in [0.717, 1.165) is 17.4 Å². The number of carbonyl (C=O) groups excluding carboxylic acids is 1. The fourth-order valence-corrected chi connectivity index (χ4v) is 3.49. The van der Waals surface area contributed by atoms with Crippen molar-refractivity contribution in [2.24, 2.45) is 0 Å². The van der Waals surface area contributed by atoms with Crippen molar-refractivity contribution in [2.75, 3.05) is 6.26 Å². The molecule has 0 aromatic heterocycles. The highest BCUT2D eigenvalue weighted by Crippen LogP contribution is 2.29. The van der Waals surface area contributed by atoms with Crippen LogP contribution in [0.15, 0.2) is 83.8 Å². The lowest BCUT2D eigenvalue weighted by Crippen LogP contribution is -2.14. The summed E-state index contributed by atoms with van der Waals surface area (Å²) in [5.74, 6) is -0.691. The van der Waals surface area contributed by atoms with Crippen molar-refractivity contribution in [1.29, 1.82) is 0 Å². The molecule has 0 radical (unpaired) electrons. The van der Waals surface area contributed by atoms with Crippen molar-refractivity contribution in [3.63, 3.8) is 0 Å². The van der Waals surface area contributed by atoms with E-state index in [1.165, 1.54) is 18.2 Å². The first-order chi connectivity index (χ1) is 12.9. The Labute approximate surface area is 163 Å². The smallest absolute Gasteiger partial charge is 0.340 e. The van der Waals surface area contributed by atoms with Gasteiger partial charge >= 0.3 is 5.97 Å². The molecule has 3 aromatic carbocycles. The van der Waals surface area contributed by atoms with Crippen molar-refractivity contribution in [3.05, 3.63) is 101 Å². The number of esters is 1. The largest absolute Gasteiger partial charge is 0.449 e. The summed E-state index contributed by atoms with van der Waals surface area (Å²) in [6, 6.07) is 22.6. The van der Waals surface area contributed by atoms with Gasteiger partial charge in [0, 0.05) is 6.26 Å². The Hall–Kier alpha value is -2.63. The maximum Gasteiger partial charge on any atom is 0.340 e. The fraction of sp³-hybridized carbons (Fsp3) is 0.0952. The number of halogens is 1. The van der Waals surface area contributed by atoms with Gasteiger partial charge in [-0.15, -0.1) is 0 Å². The highest BCUT2D eigenvalue weighted by atomic mass is 35.5. The molecule has 0 saturated carbocycles. The van der Waals surface area contributed by atoms with Gasteiger partial charge in [0.2, 0.25) is 0 Å². The van der Waals surface area contributed by atoms with Gasteiger partial charge in [0.15, 0.2) is 15.9 Å². The predicted molar refractivity (Wildman–Crippen MR) is 105 cm³/mol. The number of sulfone groups is 1. The third-order valence-corrected chi connectivity index (χ3v) is 5.46. The van der Waals surface area contributed by atoms with Gasteiger partial charge in [-0.3, -0.25) is 0 Å². The topological polar surface area (TPSA) is 60.4 Å². The third kappa shape index (κ3) is 4.56. The van der Waals surface area contributed by atoms with Crippen LogP contribution in [0.1, 0.15) is 27.6 Å². The molecular weight excluding hydrogens is 384 g/mol. The third-order valence-electron chi connectivity index (χ3n) is 4.02. The van der Waals surface area contributed by atoms with E-state index in [1.54, 1.807) is 0 Å². The molecule has 0 N–H and O–H groups in total. The quantitative estimate of drug-likeness (QED) is 0.583. The Bertz CT molecular complexity index is 1010. The van der Waals surface area contributed by atoms with Crippen molar-refractivity contribution < 1.29 is 17.9 Å². The van der Waals surface area contributed by atoms with Crippen molar-refractivity contribution >= 4 is 27.4 Å². The van der Waals surface area contributed by atoms with Crippen LogP contribution in [0.5, 0.6) is 0 Å². The molecule has 0 aliphatic heterocycles. The van der Waals surface area contributed by atoms with Crippen LogP contribution in [-0.4, -0.2) is 20.6 Å². The predicted octanol–water partition coefficient (Wildman–Crippen LogP) is 4.69. The van der Waals surface area contributed by atoms with Gasteiger partial charge in [-0.2, -0.15) is 0 Å². The molecule has 6 heteroatoms. The standard InChI is InChI=1S/C21H17ClO4S/c1-27(24,25)17-12-13-19(22)18(14-17)21(23)26-20(15-8-4-2-5-9-15)16-10-6-3-7-11-16/h2-14,20H,1H3. The molecule has 0 heterocycles. The van der Waals surface area contributed by atoms with Gasteiger partial charge in [-0.1, -0.05) is 72.3 Å². The summed E-state index contributed by atoms with van der Waals surface area (Å²) in [4.78, 5) is 12.8. The number of hydrogen-bond donors (Lipinski definition) is 0. The van der Waals surface area contributed by atoms with E-state index in [4.69, 9.17) is 16.3 Å². The van der Waals surface area contributed by atoms with Crippen LogP contribution in [-0.2, 0) is 14.6 Å². The summed E-state index contributed by atoms with van der Waals surface area (Å²) in [6.45, 7) is 0. The maximum atomic E-state index is 12.8.